The van der Waals surface area contributed by atoms with E-state index in [-0.39, 0.29) is 24.3 Å². The van der Waals surface area contributed by atoms with Crippen LogP contribution in [0.1, 0.15) is 93.6 Å². The molecule has 0 aliphatic heterocycles. The molecule has 60 heavy (non-hydrogen) atoms. The average Bonchev–Trinajstić information content (AvgIpc) is 3.16. The van der Waals surface area contributed by atoms with E-state index in [1.165, 1.54) is 19.1 Å². The quantitative estimate of drug-likeness (QED) is 0.0551. The number of carbonyl (C=O) groups excluding carboxylic acids is 6. The lowest BCUT2D eigenvalue weighted by molar-refractivity contribution is -0.142. The Kier molecular flexibility index (Phi) is 18.8. The summed E-state index contributed by atoms with van der Waals surface area (Å²) in [5.41, 5.74) is -1.38. The van der Waals surface area contributed by atoms with Gasteiger partial charge in [-0.2, -0.15) is 0 Å². The van der Waals surface area contributed by atoms with Gasteiger partial charge in [0.25, 0.3) is 0 Å². The van der Waals surface area contributed by atoms with Crippen LogP contribution < -0.4 is 10.6 Å². The first-order chi connectivity index (χ1) is 27.7. The molecule has 14 heteroatoms. The maximum absolute atomic E-state index is 14.8. The van der Waals surface area contributed by atoms with Crippen LogP contribution in [0.3, 0.4) is 0 Å². The molecular formula is C46H74N4O9Si. The summed E-state index contributed by atoms with van der Waals surface area (Å²) < 4.78 is 16.3. The number of carbonyl (C=O) groups is 6. The van der Waals surface area contributed by atoms with E-state index >= 15 is 0 Å². The summed E-state index contributed by atoms with van der Waals surface area (Å²) >= 11 is 0. The summed E-state index contributed by atoms with van der Waals surface area (Å²) in [5, 5.41) is 5.71. The zero-order valence-corrected chi connectivity index (χ0v) is 40.0. The number of ether oxygens (including phenoxy) is 3. The standard InChI is InChI=1S/C46H74N4O9Si/c1-31(2)35(29-32(3)41(54)58-27-28-60(13,14)15)49(10)40(53)37(44(4,5)6)48-39(52)38(45(7,8)33-21-17-16-18-22-33)50(11)43(56)59-34-23-19-20-25-46(9,26-24-34)42(55)47-30-36(51)57-12/h16-19,21-23,29,31,34-35,37-38H,20,24-28,30H2,1-15H3,(H,47,55)(H,48,52)/b23-19+,32-29+/t34-,35+,37+,38+,46+/m0/s1. The number of nitrogens with one attached hydrogen (secondary N) is 2. The molecule has 0 saturated heterocycles. The van der Waals surface area contributed by atoms with Gasteiger partial charge in [0.1, 0.15) is 24.7 Å². The molecule has 2 N–H and O–H groups in total. The molecule has 0 spiro atoms. The number of benzene rings is 1. The number of hydrogen-bond acceptors (Lipinski definition) is 9. The highest BCUT2D eigenvalue weighted by atomic mass is 28.3. The third-order valence-electron chi connectivity index (χ3n) is 11.4. The number of likely N-dealkylation sites (N-methyl/N-ethyl adjacent to an activating group) is 2. The number of amides is 4. The maximum Gasteiger partial charge on any atom is 0.410 e. The molecule has 1 aromatic rings. The first-order valence-electron chi connectivity index (χ1n) is 21.1. The second-order valence-electron chi connectivity index (χ2n) is 19.6. The van der Waals surface area contributed by atoms with E-state index < -0.39 is 72.5 Å². The molecule has 1 aromatic carbocycles. The minimum absolute atomic E-state index is 0.0832. The van der Waals surface area contributed by atoms with E-state index in [9.17, 15) is 28.8 Å². The number of rotatable bonds is 17. The van der Waals surface area contributed by atoms with Crippen LogP contribution in [0.15, 0.2) is 54.1 Å². The van der Waals surface area contributed by atoms with Crippen LogP contribution in [0.4, 0.5) is 4.79 Å². The lowest BCUT2D eigenvalue weighted by Crippen LogP contribution is -2.63. The van der Waals surface area contributed by atoms with Crippen LogP contribution in [0.25, 0.3) is 0 Å². The van der Waals surface area contributed by atoms with E-state index in [0.29, 0.717) is 37.9 Å². The van der Waals surface area contributed by atoms with Crippen molar-refractivity contribution in [3.8, 4) is 0 Å². The van der Waals surface area contributed by atoms with Gasteiger partial charge in [-0.15, -0.1) is 0 Å². The zero-order valence-electron chi connectivity index (χ0n) is 39.0. The fourth-order valence-electron chi connectivity index (χ4n) is 7.29. The Hall–Kier alpha value is -4.46. The van der Waals surface area contributed by atoms with Crippen LogP contribution in [0.5, 0.6) is 0 Å². The molecule has 0 heterocycles. The lowest BCUT2D eigenvalue weighted by Gasteiger charge is -2.42. The van der Waals surface area contributed by atoms with Gasteiger partial charge in [0, 0.05) is 38.6 Å². The van der Waals surface area contributed by atoms with Crippen molar-refractivity contribution in [2.75, 3.05) is 34.4 Å². The van der Waals surface area contributed by atoms with Gasteiger partial charge in [0.2, 0.25) is 17.7 Å². The Labute approximate surface area is 360 Å². The Morgan fingerprint density at radius 1 is 0.967 bits per heavy atom. The van der Waals surface area contributed by atoms with Crippen LogP contribution in [0.2, 0.25) is 25.7 Å². The summed E-state index contributed by atoms with van der Waals surface area (Å²) in [4.78, 5) is 84.2. The van der Waals surface area contributed by atoms with Gasteiger partial charge in [0.05, 0.1) is 19.8 Å². The molecular weight excluding hydrogens is 781 g/mol. The third kappa shape index (κ3) is 14.9. The van der Waals surface area contributed by atoms with Crippen LogP contribution in [-0.4, -0.2) is 112 Å². The van der Waals surface area contributed by atoms with Crippen LogP contribution in [-0.2, 0) is 43.6 Å². The van der Waals surface area contributed by atoms with Gasteiger partial charge in [0.15, 0.2) is 0 Å². The second kappa shape index (κ2) is 21.9. The number of methoxy groups -OCH3 is 1. The second-order valence-corrected chi connectivity index (χ2v) is 25.3. The van der Waals surface area contributed by atoms with Crippen LogP contribution in [0, 0.1) is 16.7 Å². The molecule has 4 amide bonds. The Balaban J connectivity index is 2.44. The Bertz CT molecular complexity index is 1710. The van der Waals surface area contributed by atoms with Crippen molar-refractivity contribution in [1.82, 2.24) is 20.4 Å². The number of allylic oxidation sites excluding steroid dienone is 1. The summed E-state index contributed by atoms with van der Waals surface area (Å²) in [7, 11) is 3.03. The minimum Gasteiger partial charge on any atom is -0.468 e. The lowest BCUT2D eigenvalue weighted by atomic mass is 9.76. The molecule has 0 saturated carbocycles. The van der Waals surface area contributed by atoms with Gasteiger partial charge in [-0.3, -0.25) is 24.1 Å². The normalized spacial score (nSPS) is 19.7. The van der Waals surface area contributed by atoms with E-state index in [0.717, 1.165) is 11.6 Å². The van der Waals surface area contributed by atoms with Crippen molar-refractivity contribution in [1.29, 1.82) is 0 Å². The largest absolute Gasteiger partial charge is 0.468 e. The highest BCUT2D eigenvalue weighted by Crippen LogP contribution is 2.35. The molecule has 2 rings (SSSR count). The summed E-state index contributed by atoms with van der Waals surface area (Å²) in [5.74, 6) is -2.26. The van der Waals surface area contributed by atoms with Gasteiger partial charge in [-0.25, -0.2) is 9.59 Å². The number of hydrogen-bond donors (Lipinski definition) is 2. The molecule has 1 aliphatic carbocycles. The highest BCUT2D eigenvalue weighted by Gasteiger charge is 2.46. The minimum atomic E-state index is -1.41. The first kappa shape index (κ1) is 51.7. The maximum atomic E-state index is 14.8. The summed E-state index contributed by atoms with van der Waals surface area (Å²) in [6, 6.07) is 7.57. The Morgan fingerprint density at radius 2 is 1.58 bits per heavy atom. The molecule has 13 nitrogen and oxygen atoms in total. The van der Waals surface area contributed by atoms with E-state index in [1.54, 1.807) is 31.0 Å². The summed E-state index contributed by atoms with van der Waals surface area (Å²) in [6.07, 6.45) is 5.76. The van der Waals surface area contributed by atoms with E-state index in [1.807, 2.05) is 91.8 Å². The van der Waals surface area contributed by atoms with Crippen molar-refractivity contribution in [2.24, 2.45) is 16.7 Å². The van der Waals surface area contributed by atoms with Crippen molar-refractivity contribution in [3.05, 3.63) is 59.7 Å². The molecule has 0 bridgehead atoms. The predicted octanol–water partition coefficient (Wildman–Crippen LogP) is 7.04. The van der Waals surface area contributed by atoms with Gasteiger partial charge >= 0.3 is 18.0 Å². The SMILES string of the molecule is COC(=O)CNC(=O)[C@]1(C)CC/C=C/[C@H](OC(=O)N(C)[C@H](C(=O)N[C@H](C(=O)N(C)[C@H](/C=C(\C)C(=O)OCC[Si](C)(C)C)C(C)C)C(C)(C)C)C(C)(C)c2ccccc2)CC1. The smallest absolute Gasteiger partial charge is 0.410 e. The monoisotopic (exact) mass is 855 g/mol. The van der Waals surface area contributed by atoms with E-state index in [4.69, 9.17) is 9.47 Å². The van der Waals surface area contributed by atoms with Crippen molar-refractivity contribution < 1.29 is 43.0 Å². The van der Waals surface area contributed by atoms with Gasteiger partial charge in [-0.1, -0.05) is 118 Å². The molecule has 336 valence electrons. The van der Waals surface area contributed by atoms with Crippen LogP contribution >= 0.6 is 0 Å². The molecule has 0 aromatic heterocycles. The molecule has 5 atom stereocenters. The predicted molar refractivity (Wildman–Crippen MR) is 238 cm³/mol. The van der Waals surface area contributed by atoms with Crippen molar-refractivity contribution in [2.45, 2.75) is 143 Å². The highest BCUT2D eigenvalue weighted by molar-refractivity contribution is 6.76. The number of esters is 2. The molecule has 0 unspecified atom stereocenters. The molecule has 1 aliphatic rings. The fourth-order valence-corrected chi connectivity index (χ4v) is 8.00. The van der Waals surface area contributed by atoms with Crippen molar-refractivity contribution >= 4 is 43.8 Å². The molecule has 0 fully saturated rings. The Morgan fingerprint density at radius 3 is 2.13 bits per heavy atom. The molecule has 0 radical (unpaired) electrons. The van der Waals surface area contributed by atoms with Gasteiger partial charge < -0.3 is 29.7 Å². The summed E-state index contributed by atoms with van der Waals surface area (Å²) in [6.45, 7) is 23.5. The topological polar surface area (TPSA) is 161 Å². The third-order valence-corrected chi connectivity index (χ3v) is 13.2. The van der Waals surface area contributed by atoms with E-state index in [2.05, 4.69) is 35.0 Å². The zero-order chi connectivity index (χ0) is 45.8. The van der Waals surface area contributed by atoms with Crippen molar-refractivity contribution in [3.63, 3.8) is 0 Å². The van der Waals surface area contributed by atoms with Gasteiger partial charge in [-0.05, 0) is 61.6 Å². The first-order valence-corrected chi connectivity index (χ1v) is 24.8. The number of nitrogens with zero attached hydrogens (tertiary/aromatic N) is 2. The fraction of sp³-hybridized carbons (Fsp3) is 0.652. The average molecular weight is 855 g/mol.